The number of nitrogen functional groups attached to an aromatic ring is 2. The molecule has 4 N–H and O–H groups in total. The molecule has 0 saturated carbocycles. The van der Waals surface area contributed by atoms with Crippen LogP contribution in [-0.2, 0) is 4.79 Å². The molecule has 0 spiro atoms. The summed E-state index contributed by atoms with van der Waals surface area (Å²) in [6.07, 6.45) is 1.11. The molecule has 86 valence electrons. The molecule has 0 aromatic heterocycles. The molecule has 0 aliphatic heterocycles. The fourth-order valence-corrected chi connectivity index (χ4v) is 1.57. The van der Waals surface area contributed by atoms with E-state index in [0.717, 1.165) is 16.8 Å². The lowest BCUT2D eigenvalue weighted by Crippen LogP contribution is -2.03. The SMILES string of the molecule is C=CC(=O)Oc1cccc2cc(N)c(N)cc12. The van der Waals surface area contributed by atoms with Crippen molar-refractivity contribution < 1.29 is 9.53 Å². The van der Waals surface area contributed by atoms with Gasteiger partial charge < -0.3 is 16.2 Å². The third-order valence-corrected chi connectivity index (χ3v) is 2.42. The van der Waals surface area contributed by atoms with Gasteiger partial charge in [0, 0.05) is 11.5 Å². The molecular weight excluding hydrogens is 216 g/mol. The van der Waals surface area contributed by atoms with Crippen molar-refractivity contribution >= 4 is 28.1 Å². The number of hydrogen-bond acceptors (Lipinski definition) is 4. The molecule has 0 fully saturated rings. The Morgan fingerprint density at radius 2 is 1.94 bits per heavy atom. The number of nitrogens with two attached hydrogens (primary N) is 2. The number of anilines is 2. The van der Waals surface area contributed by atoms with Gasteiger partial charge >= 0.3 is 5.97 Å². The molecule has 0 amide bonds. The summed E-state index contributed by atoms with van der Waals surface area (Å²) in [5.74, 6) is -0.0630. The summed E-state index contributed by atoms with van der Waals surface area (Å²) < 4.78 is 5.12. The van der Waals surface area contributed by atoms with Gasteiger partial charge in [-0.1, -0.05) is 18.7 Å². The summed E-state index contributed by atoms with van der Waals surface area (Å²) in [6, 6.07) is 8.78. The highest BCUT2D eigenvalue weighted by Gasteiger charge is 2.07. The van der Waals surface area contributed by atoms with Gasteiger partial charge in [-0.05, 0) is 23.6 Å². The van der Waals surface area contributed by atoms with Crippen molar-refractivity contribution in [3.05, 3.63) is 43.0 Å². The van der Waals surface area contributed by atoms with Crippen LogP contribution in [0.25, 0.3) is 10.8 Å². The van der Waals surface area contributed by atoms with Crippen LogP contribution in [0.3, 0.4) is 0 Å². The number of carbonyl (C=O) groups excluding carboxylic acids is 1. The summed E-state index contributed by atoms with van der Waals surface area (Å²) >= 11 is 0. The average molecular weight is 228 g/mol. The summed E-state index contributed by atoms with van der Waals surface area (Å²) in [7, 11) is 0. The topological polar surface area (TPSA) is 78.3 Å². The molecular formula is C13H12N2O2. The van der Waals surface area contributed by atoms with Crippen LogP contribution in [0.15, 0.2) is 43.0 Å². The second-order valence-corrected chi connectivity index (χ2v) is 3.58. The third kappa shape index (κ3) is 2.06. The van der Waals surface area contributed by atoms with Gasteiger partial charge in [-0.3, -0.25) is 0 Å². The van der Waals surface area contributed by atoms with E-state index in [-0.39, 0.29) is 0 Å². The molecule has 0 aliphatic rings. The molecule has 0 heterocycles. The Bertz CT molecular complexity index is 606. The second-order valence-electron chi connectivity index (χ2n) is 3.58. The van der Waals surface area contributed by atoms with Crippen molar-refractivity contribution in [1.82, 2.24) is 0 Å². The molecule has 0 atom stereocenters. The van der Waals surface area contributed by atoms with Crippen molar-refractivity contribution in [2.24, 2.45) is 0 Å². The maximum Gasteiger partial charge on any atom is 0.335 e. The largest absolute Gasteiger partial charge is 0.423 e. The molecule has 4 heteroatoms. The Hall–Kier alpha value is -2.49. The van der Waals surface area contributed by atoms with Crippen molar-refractivity contribution in [2.75, 3.05) is 11.5 Å². The van der Waals surface area contributed by atoms with Crippen molar-refractivity contribution in [3.8, 4) is 5.75 Å². The maximum absolute atomic E-state index is 11.2. The predicted octanol–water partition coefficient (Wildman–Crippen LogP) is 2.10. The highest BCUT2D eigenvalue weighted by Crippen LogP contribution is 2.30. The van der Waals surface area contributed by atoms with E-state index in [1.54, 1.807) is 24.3 Å². The Balaban J connectivity index is 2.60. The van der Waals surface area contributed by atoms with Crippen LogP contribution in [0.4, 0.5) is 11.4 Å². The van der Waals surface area contributed by atoms with Gasteiger partial charge in [0.25, 0.3) is 0 Å². The molecule has 17 heavy (non-hydrogen) atoms. The average Bonchev–Trinajstić information content (AvgIpc) is 2.31. The fraction of sp³-hybridized carbons (Fsp3) is 0. The number of rotatable bonds is 2. The van der Waals surface area contributed by atoms with Crippen LogP contribution in [-0.4, -0.2) is 5.97 Å². The van der Waals surface area contributed by atoms with E-state index in [1.165, 1.54) is 0 Å². The van der Waals surface area contributed by atoms with Crippen LogP contribution < -0.4 is 16.2 Å². The molecule has 0 unspecified atom stereocenters. The quantitative estimate of drug-likeness (QED) is 0.357. The van der Waals surface area contributed by atoms with Crippen molar-refractivity contribution in [3.63, 3.8) is 0 Å². The first-order valence-corrected chi connectivity index (χ1v) is 5.04. The first kappa shape index (κ1) is 11.0. The lowest BCUT2D eigenvalue weighted by Gasteiger charge is -2.08. The highest BCUT2D eigenvalue weighted by atomic mass is 16.5. The monoisotopic (exact) mass is 228 g/mol. The molecule has 4 nitrogen and oxygen atoms in total. The molecule has 0 radical (unpaired) electrons. The van der Waals surface area contributed by atoms with E-state index >= 15 is 0 Å². The number of fused-ring (bicyclic) bond motifs is 1. The van der Waals surface area contributed by atoms with E-state index in [0.29, 0.717) is 17.1 Å². The first-order chi connectivity index (χ1) is 8.11. The number of ether oxygens (including phenoxy) is 1. The normalized spacial score (nSPS) is 10.1. The van der Waals surface area contributed by atoms with Gasteiger partial charge in [-0.2, -0.15) is 0 Å². The summed E-state index contributed by atoms with van der Waals surface area (Å²) in [4.78, 5) is 11.2. The van der Waals surface area contributed by atoms with Crippen molar-refractivity contribution in [1.29, 1.82) is 0 Å². The Labute approximate surface area is 98.5 Å². The standard InChI is InChI=1S/C13H12N2O2/c1-2-13(16)17-12-5-3-4-8-6-10(14)11(15)7-9(8)12/h2-7H,1,14-15H2. The zero-order chi connectivity index (χ0) is 12.4. The predicted molar refractivity (Wildman–Crippen MR) is 68.6 cm³/mol. The van der Waals surface area contributed by atoms with Gasteiger partial charge in [0.2, 0.25) is 0 Å². The Morgan fingerprint density at radius 3 is 2.65 bits per heavy atom. The van der Waals surface area contributed by atoms with Crippen LogP contribution in [0.5, 0.6) is 5.75 Å². The van der Waals surface area contributed by atoms with Gasteiger partial charge in [0.1, 0.15) is 5.75 Å². The number of esters is 1. The zero-order valence-corrected chi connectivity index (χ0v) is 9.14. The Morgan fingerprint density at radius 1 is 1.24 bits per heavy atom. The number of carbonyl (C=O) groups is 1. The molecule has 0 bridgehead atoms. The second kappa shape index (κ2) is 4.17. The first-order valence-electron chi connectivity index (χ1n) is 5.04. The maximum atomic E-state index is 11.2. The molecule has 0 aliphatic carbocycles. The molecule has 2 aromatic carbocycles. The van der Waals surface area contributed by atoms with Crippen molar-refractivity contribution in [2.45, 2.75) is 0 Å². The molecule has 2 aromatic rings. The van der Waals surface area contributed by atoms with E-state index in [9.17, 15) is 4.79 Å². The summed E-state index contributed by atoms with van der Waals surface area (Å²) in [6.45, 7) is 3.35. The molecule has 2 rings (SSSR count). The number of hydrogen-bond donors (Lipinski definition) is 2. The minimum absolute atomic E-state index is 0.444. The molecule has 0 saturated heterocycles. The van der Waals surface area contributed by atoms with Gasteiger partial charge in [0.15, 0.2) is 0 Å². The lowest BCUT2D eigenvalue weighted by molar-refractivity contribution is -0.128. The Kier molecular flexibility index (Phi) is 2.70. The smallest absolute Gasteiger partial charge is 0.335 e. The fourth-order valence-electron chi connectivity index (χ4n) is 1.57. The zero-order valence-electron chi connectivity index (χ0n) is 9.14. The van der Waals surface area contributed by atoms with Crippen LogP contribution >= 0.6 is 0 Å². The van der Waals surface area contributed by atoms with Gasteiger partial charge in [0.05, 0.1) is 11.4 Å². The van der Waals surface area contributed by atoms with Crippen LogP contribution in [0.2, 0.25) is 0 Å². The van der Waals surface area contributed by atoms with Gasteiger partial charge in [-0.25, -0.2) is 4.79 Å². The third-order valence-electron chi connectivity index (χ3n) is 2.42. The number of benzene rings is 2. The van der Waals surface area contributed by atoms with E-state index in [2.05, 4.69) is 6.58 Å². The summed E-state index contributed by atoms with van der Waals surface area (Å²) in [5.41, 5.74) is 12.4. The van der Waals surface area contributed by atoms with Crippen LogP contribution in [0.1, 0.15) is 0 Å². The lowest BCUT2D eigenvalue weighted by atomic mass is 10.1. The van der Waals surface area contributed by atoms with E-state index in [1.807, 2.05) is 6.07 Å². The minimum atomic E-state index is -0.507. The summed E-state index contributed by atoms with van der Waals surface area (Å²) in [5, 5.41) is 1.61. The van der Waals surface area contributed by atoms with Gasteiger partial charge in [-0.15, -0.1) is 0 Å². The highest BCUT2D eigenvalue weighted by molar-refractivity contribution is 5.96. The van der Waals surface area contributed by atoms with E-state index in [4.69, 9.17) is 16.2 Å². The van der Waals surface area contributed by atoms with Crippen LogP contribution in [0, 0.1) is 0 Å². The van der Waals surface area contributed by atoms with E-state index < -0.39 is 5.97 Å². The minimum Gasteiger partial charge on any atom is -0.423 e.